The molecule has 4 atom stereocenters. The molecule has 1 fully saturated rings. The molecule has 0 aliphatic carbocycles. The average molecular weight is 252 g/mol. The van der Waals surface area contributed by atoms with E-state index in [1.807, 2.05) is 0 Å². The van der Waals surface area contributed by atoms with E-state index in [0.717, 1.165) is 18.0 Å². The molecule has 1 aromatic rings. The summed E-state index contributed by atoms with van der Waals surface area (Å²) in [6.45, 7) is 11.5. The zero-order valence-electron chi connectivity index (χ0n) is 11.9. The second-order valence-electron chi connectivity index (χ2n) is 5.63. The third-order valence-corrected chi connectivity index (χ3v) is 3.90. The van der Waals surface area contributed by atoms with Crippen LogP contribution >= 0.6 is 0 Å². The summed E-state index contributed by atoms with van der Waals surface area (Å²) in [5, 5.41) is 3.39. The van der Waals surface area contributed by atoms with Crippen LogP contribution < -0.4 is 5.32 Å². The number of hydrogen-bond donors (Lipinski definition) is 1. The monoisotopic (exact) mass is 252 g/mol. The van der Waals surface area contributed by atoms with Crippen molar-refractivity contribution in [2.24, 2.45) is 5.92 Å². The predicted octanol–water partition coefficient (Wildman–Crippen LogP) is 2.70. The molecule has 4 unspecified atom stereocenters. The Bertz CT molecular complexity index is 389. The predicted molar refractivity (Wildman–Crippen MR) is 70.4 cm³/mol. The Morgan fingerprint density at radius 1 is 1.28 bits per heavy atom. The molecule has 102 valence electrons. The van der Waals surface area contributed by atoms with Crippen molar-refractivity contribution < 1.29 is 9.15 Å². The van der Waals surface area contributed by atoms with Crippen molar-refractivity contribution in [3.63, 3.8) is 0 Å². The van der Waals surface area contributed by atoms with E-state index >= 15 is 0 Å². The molecular formula is C14H24N2O2. The quantitative estimate of drug-likeness (QED) is 0.895. The first kappa shape index (κ1) is 13.6. The molecular weight excluding hydrogens is 228 g/mol. The maximum absolute atomic E-state index is 5.88. The highest BCUT2D eigenvalue weighted by atomic mass is 16.5. The molecule has 1 N–H and O–H groups in total. The molecule has 2 rings (SSSR count). The summed E-state index contributed by atoms with van der Waals surface area (Å²) in [7, 11) is 0. The summed E-state index contributed by atoms with van der Waals surface area (Å²) < 4.78 is 11.5. The van der Waals surface area contributed by atoms with Crippen LogP contribution in [-0.2, 0) is 11.3 Å². The topological polar surface area (TPSA) is 47.3 Å². The van der Waals surface area contributed by atoms with Crippen molar-refractivity contribution in [2.75, 3.05) is 0 Å². The Balaban J connectivity index is 2.15. The summed E-state index contributed by atoms with van der Waals surface area (Å²) in [4.78, 5) is 4.34. The Hall–Kier alpha value is -0.870. The molecule has 1 aliphatic heterocycles. The van der Waals surface area contributed by atoms with Gasteiger partial charge in [-0.2, -0.15) is 0 Å². The van der Waals surface area contributed by atoms with E-state index in [1.165, 1.54) is 0 Å². The van der Waals surface area contributed by atoms with Gasteiger partial charge in [0.1, 0.15) is 5.76 Å². The van der Waals surface area contributed by atoms with Gasteiger partial charge in [0, 0.05) is 12.6 Å². The van der Waals surface area contributed by atoms with E-state index in [1.54, 1.807) is 6.39 Å². The number of oxazole rings is 1. The van der Waals surface area contributed by atoms with Gasteiger partial charge in [0.25, 0.3) is 0 Å². The molecule has 0 aromatic carbocycles. The van der Waals surface area contributed by atoms with Crippen LogP contribution in [0.15, 0.2) is 10.8 Å². The molecule has 1 aliphatic rings. The lowest BCUT2D eigenvalue weighted by molar-refractivity contribution is 0.0547. The molecule has 4 heteroatoms. The molecule has 4 nitrogen and oxygen atoms in total. The molecule has 0 spiro atoms. The fourth-order valence-electron chi connectivity index (χ4n) is 2.70. The molecule has 0 amide bonds. The standard InChI is InChI=1S/C14H24N2O2/c1-8(2)15-6-12-14(17-7-16-12)13-9(3)10(4)18-11(13)5/h7-11,13,15H,6H2,1-5H3. The zero-order valence-corrected chi connectivity index (χ0v) is 11.9. The van der Waals surface area contributed by atoms with Crippen molar-refractivity contribution in [3.05, 3.63) is 17.8 Å². The van der Waals surface area contributed by atoms with Gasteiger partial charge in [-0.05, 0) is 19.8 Å². The summed E-state index contributed by atoms with van der Waals surface area (Å²) in [6, 6.07) is 0.447. The highest BCUT2D eigenvalue weighted by Crippen LogP contribution is 2.40. The van der Waals surface area contributed by atoms with Crippen LogP contribution in [-0.4, -0.2) is 23.2 Å². The summed E-state index contributed by atoms with van der Waals surface area (Å²) >= 11 is 0. The fraction of sp³-hybridized carbons (Fsp3) is 0.786. The van der Waals surface area contributed by atoms with Gasteiger partial charge in [-0.25, -0.2) is 4.98 Å². The lowest BCUT2D eigenvalue weighted by Crippen LogP contribution is -2.24. The van der Waals surface area contributed by atoms with Crippen molar-refractivity contribution in [3.8, 4) is 0 Å². The van der Waals surface area contributed by atoms with Crippen LogP contribution in [0.4, 0.5) is 0 Å². The lowest BCUT2D eigenvalue weighted by atomic mass is 9.86. The number of nitrogens with one attached hydrogen (secondary N) is 1. The number of hydrogen-bond acceptors (Lipinski definition) is 4. The van der Waals surface area contributed by atoms with E-state index in [2.05, 4.69) is 44.9 Å². The van der Waals surface area contributed by atoms with E-state index in [-0.39, 0.29) is 12.2 Å². The van der Waals surface area contributed by atoms with Crippen LogP contribution in [0, 0.1) is 5.92 Å². The largest absolute Gasteiger partial charge is 0.448 e. The Labute approximate surface area is 109 Å². The van der Waals surface area contributed by atoms with Gasteiger partial charge in [-0.3, -0.25) is 0 Å². The highest BCUT2D eigenvalue weighted by molar-refractivity contribution is 5.17. The lowest BCUT2D eigenvalue weighted by Gasteiger charge is -2.17. The minimum absolute atomic E-state index is 0.195. The minimum atomic E-state index is 0.195. The molecule has 0 radical (unpaired) electrons. The van der Waals surface area contributed by atoms with Gasteiger partial charge in [-0.15, -0.1) is 0 Å². The second-order valence-corrected chi connectivity index (χ2v) is 5.63. The van der Waals surface area contributed by atoms with Crippen LogP contribution in [0.25, 0.3) is 0 Å². The SMILES string of the molecule is CC(C)NCc1ncoc1C1C(C)OC(C)C1C. The molecule has 0 bridgehead atoms. The summed E-state index contributed by atoms with van der Waals surface area (Å²) in [5.74, 6) is 1.77. The molecule has 1 saturated heterocycles. The maximum atomic E-state index is 5.88. The van der Waals surface area contributed by atoms with Gasteiger partial charge in [0.2, 0.25) is 0 Å². The second kappa shape index (κ2) is 5.41. The van der Waals surface area contributed by atoms with E-state index in [9.17, 15) is 0 Å². The van der Waals surface area contributed by atoms with Crippen LogP contribution in [0.2, 0.25) is 0 Å². The number of rotatable bonds is 4. The van der Waals surface area contributed by atoms with Crippen LogP contribution in [0.1, 0.15) is 52.0 Å². The smallest absolute Gasteiger partial charge is 0.181 e. The van der Waals surface area contributed by atoms with E-state index < -0.39 is 0 Å². The number of aromatic nitrogens is 1. The number of ether oxygens (including phenoxy) is 1. The maximum Gasteiger partial charge on any atom is 0.181 e. The van der Waals surface area contributed by atoms with Crippen molar-refractivity contribution in [1.82, 2.24) is 10.3 Å². The van der Waals surface area contributed by atoms with Gasteiger partial charge in [0.15, 0.2) is 6.39 Å². The fourth-order valence-corrected chi connectivity index (χ4v) is 2.70. The molecule has 18 heavy (non-hydrogen) atoms. The first-order chi connectivity index (χ1) is 8.50. The van der Waals surface area contributed by atoms with E-state index in [4.69, 9.17) is 9.15 Å². The van der Waals surface area contributed by atoms with Gasteiger partial charge < -0.3 is 14.5 Å². The highest BCUT2D eigenvalue weighted by Gasteiger charge is 2.41. The first-order valence-corrected chi connectivity index (χ1v) is 6.81. The van der Waals surface area contributed by atoms with Gasteiger partial charge in [0.05, 0.1) is 23.8 Å². The summed E-state index contributed by atoms with van der Waals surface area (Å²) in [6.07, 6.45) is 2.02. The minimum Gasteiger partial charge on any atom is -0.448 e. The molecule has 2 heterocycles. The normalized spacial score (nSPS) is 32.3. The Morgan fingerprint density at radius 2 is 2.00 bits per heavy atom. The average Bonchev–Trinajstić information content (AvgIpc) is 2.82. The van der Waals surface area contributed by atoms with Crippen molar-refractivity contribution in [2.45, 2.75) is 65.3 Å². The molecule has 0 saturated carbocycles. The van der Waals surface area contributed by atoms with Crippen molar-refractivity contribution in [1.29, 1.82) is 0 Å². The van der Waals surface area contributed by atoms with E-state index in [0.29, 0.717) is 17.9 Å². The summed E-state index contributed by atoms with van der Waals surface area (Å²) in [5.41, 5.74) is 1.02. The molecule has 1 aromatic heterocycles. The third kappa shape index (κ3) is 2.59. The van der Waals surface area contributed by atoms with Gasteiger partial charge >= 0.3 is 0 Å². The Kier molecular flexibility index (Phi) is 4.07. The zero-order chi connectivity index (χ0) is 13.3. The van der Waals surface area contributed by atoms with Crippen LogP contribution in [0.5, 0.6) is 0 Å². The van der Waals surface area contributed by atoms with Crippen LogP contribution in [0.3, 0.4) is 0 Å². The Morgan fingerprint density at radius 3 is 2.56 bits per heavy atom. The first-order valence-electron chi connectivity index (χ1n) is 6.81. The number of nitrogens with zero attached hydrogens (tertiary/aromatic N) is 1. The van der Waals surface area contributed by atoms with Crippen molar-refractivity contribution >= 4 is 0 Å². The van der Waals surface area contributed by atoms with Gasteiger partial charge in [-0.1, -0.05) is 20.8 Å². The third-order valence-electron chi connectivity index (χ3n) is 3.90.